The van der Waals surface area contributed by atoms with Crippen LogP contribution in [0.2, 0.25) is 10.0 Å². The van der Waals surface area contributed by atoms with E-state index in [0.717, 1.165) is 5.56 Å². The first-order chi connectivity index (χ1) is 6.54. The number of carbonyl (C=O) groups is 1. The van der Waals surface area contributed by atoms with Gasteiger partial charge < -0.3 is 4.74 Å². The van der Waals surface area contributed by atoms with Gasteiger partial charge in [-0.1, -0.05) is 35.9 Å². The van der Waals surface area contributed by atoms with Crippen LogP contribution in [-0.2, 0) is 4.79 Å². The van der Waals surface area contributed by atoms with E-state index in [4.69, 9.17) is 27.9 Å². The molecule has 0 saturated carbocycles. The van der Waals surface area contributed by atoms with Crippen molar-refractivity contribution in [3.8, 4) is 5.75 Å². The van der Waals surface area contributed by atoms with Gasteiger partial charge in [-0.2, -0.15) is 0 Å². The van der Waals surface area contributed by atoms with Crippen LogP contribution in [0.15, 0.2) is 18.7 Å². The molecule has 14 heavy (non-hydrogen) atoms. The summed E-state index contributed by atoms with van der Waals surface area (Å²) >= 11 is 11.7. The van der Waals surface area contributed by atoms with E-state index in [1.54, 1.807) is 18.2 Å². The summed E-state index contributed by atoms with van der Waals surface area (Å²) in [5, 5.41) is 0.588. The fourth-order valence-electron chi connectivity index (χ4n) is 0.939. The zero-order chi connectivity index (χ0) is 10.7. The first kappa shape index (κ1) is 11.1. The largest absolute Gasteiger partial charge is 0.424 e. The Morgan fingerprint density at radius 1 is 1.43 bits per heavy atom. The summed E-state index contributed by atoms with van der Waals surface area (Å²) < 4.78 is 4.84. The Bertz CT molecular complexity index is 363. The van der Waals surface area contributed by atoms with Crippen LogP contribution in [0.3, 0.4) is 0 Å². The van der Waals surface area contributed by atoms with Crippen LogP contribution in [0.1, 0.15) is 12.5 Å². The number of hydrogen-bond donors (Lipinski definition) is 0. The van der Waals surface area contributed by atoms with E-state index in [1.165, 1.54) is 6.92 Å². The lowest BCUT2D eigenvalue weighted by Gasteiger charge is -2.07. The molecule has 1 rings (SSSR count). The Hall–Kier alpha value is -0.990. The molecule has 4 heteroatoms. The summed E-state index contributed by atoms with van der Waals surface area (Å²) in [5.41, 5.74) is 0.774. The van der Waals surface area contributed by atoms with E-state index in [-0.39, 0.29) is 5.75 Å². The van der Waals surface area contributed by atoms with Crippen molar-refractivity contribution in [3.63, 3.8) is 0 Å². The third-order valence-corrected chi connectivity index (χ3v) is 2.06. The molecule has 0 aliphatic heterocycles. The fraction of sp³-hybridized carbons (Fsp3) is 0.100. The molecule has 0 N–H and O–H groups in total. The molecule has 0 aliphatic rings. The Labute approximate surface area is 92.1 Å². The second-order valence-electron chi connectivity index (χ2n) is 2.61. The first-order valence-electron chi connectivity index (χ1n) is 3.84. The highest BCUT2D eigenvalue weighted by atomic mass is 35.5. The number of carbonyl (C=O) groups excluding carboxylic acids is 1. The van der Waals surface area contributed by atoms with E-state index in [9.17, 15) is 4.79 Å². The van der Waals surface area contributed by atoms with Crippen molar-refractivity contribution in [1.82, 2.24) is 0 Å². The molecule has 0 aromatic heterocycles. The van der Waals surface area contributed by atoms with Gasteiger partial charge in [-0.15, -0.1) is 0 Å². The molecule has 74 valence electrons. The number of halogens is 2. The van der Waals surface area contributed by atoms with Crippen LogP contribution in [-0.4, -0.2) is 5.97 Å². The van der Waals surface area contributed by atoms with Crippen molar-refractivity contribution in [1.29, 1.82) is 0 Å². The molecule has 0 fully saturated rings. The number of benzene rings is 1. The summed E-state index contributed by atoms with van der Waals surface area (Å²) in [6.07, 6.45) is 1.61. The molecule has 0 heterocycles. The molecular weight excluding hydrogens is 223 g/mol. The van der Waals surface area contributed by atoms with Gasteiger partial charge in [0.15, 0.2) is 5.75 Å². The van der Waals surface area contributed by atoms with Gasteiger partial charge in [0.2, 0.25) is 0 Å². The molecule has 1 aromatic rings. The molecule has 0 spiro atoms. The lowest BCUT2D eigenvalue weighted by atomic mass is 10.2. The van der Waals surface area contributed by atoms with Crippen molar-refractivity contribution in [3.05, 3.63) is 34.3 Å². The molecule has 2 nitrogen and oxygen atoms in total. The number of hydrogen-bond acceptors (Lipinski definition) is 2. The zero-order valence-electron chi connectivity index (χ0n) is 7.51. The van der Waals surface area contributed by atoms with Gasteiger partial charge in [0.1, 0.15) is 0 Å². The highest BCUT2D eigenvalue weighted by molar-refractivity contribution is 6.37. The van der Waals surface area contributed by atoms with Crippen LogP contribution >= 0.6 is 23.2 Å². The van der Waals surface area contributed by atoms with Gasteiger partial charge in [0.05, 0.1) is 10.0 Å². The standard InChI is InChI=1S/C10H8Cl2O2/c1-3-7-4-8(11)10(9(12)5-7)14-6(2)13/h3-5H,1H2,2H3. The lowest BCUT2D eigenvalue weighted by Crippen LogP contribution is -2.02. The lowest BCUT2D eigenvalue weighted by molar-refractivity contribution is -0.131. The Kier molecular flexibility index (Phi) is 3.55. The van der Waals surface area contributed by atoms with Crippen LogP contribution in [0, 0.1) is 0 Å². The predicted molar refractivity (Wildman–Crippen MR) is 57.9 cm³/mol. The first-order valence-corrected chi connectivity index (χ1v) is 4.60. The fourth-order valence-corrected chi connectivity index (χ4v) is 1.52. The quantitative estimate of drug-likeness (QED) is 0.574. The Balaban J connectivity index is 3.17. The van der Waals surface area contributed by atoms with Crippen LogP contribution in [0.5, 0.6) is 5.75 Å². The minimum Gasteiger partial charge on any atom is -0.424 e. The van der Waals surface area contributed by atoms with Crippen molar-refractivity contribution >= 4 is 35.2 Å². The van der Waals surface area contributed by atoms with Crippen LogP contribution in [0.25, 0.3) is 6.08 Å². The van der Waals surface area contributed by atoms with Gasteiger partial charge >= 0.3 is 5.97 Å². The minimum atomic E-state index is -0.458. The maximum atomic E-state index is 10.7. The topological polar surface area (TPSA) is 26.3 Å². The second-order valence-corrected chi connectivity index (χ2v) is 3.43. The second kappa shape index (κ2) is 4.49. The van der Waals surface area contributed by atoms with Crippen LogP contribution in [0.4, 0.5) is 0 Å². The van der Waals surface area contributed by atoms with Crippen molar-refractivity contribution in [2.24, 2.45) is 0 Å². The van der Waals surface area contributed by atoms with E-state index < -0.39 is 5.97 Å². The van der Waals surface area contributed by atoms with Gasteiger partial charge in [0.25, 0.3) is 0 Å². The SMILES string of the molecule is C=Cc1cc(Cl)c(OC(C)=O)c(Cl)c1. The molecule has 0 unspecified atom stereocenters. The van der Waals surface area contributed by atoms with Crippen molar-refractivity contribution in [2.45, 2.75) is 6.92 Å². The molecule has 0 radical (unpaired) electrons. The number of esters is 1. The molecular formula is C10H8Cl2O2. The molecule has 0 bridgehead atoms. The summed E-state index contributed by atoms with van der Waals surface area (Å²) in [4.78, 5) is 10.7. The minimum absolute atomic E-state index is 0.187. The molecule has 0 atom stereocenters. The number of ether oxygens (including phenoxy) is 1. The Morgan fingerprint density at radius 2 is 1.93 bits per heavy atom. The zero-order valence-corrected chi connectivity index (χ0v) is 9.02. The third-order valence-electron chi connectivity index (χ3n) is 1.50. The van der Waals surface area contributed by atoms with Crippen molar-refractivity contribution in [2.75, 3.05) is 0 Å². The van der Waals surface area contributed by atoms with E-state index in [1.807, 2.05) is 0 Å². The molecule has 0 aliphatic carbocycles. The monoisotopic (exact) mass is 230 g/mol. The van der Waals surface area contributed by atoms with E-state index in [2.05, 4.69) is 6.58 Å². The summed E-state index contributed by atoms with van der Waals surface area (Å²) in [5.74, 6) is -0.272. The maximum absolute atomic E-state index is 10.7. The molecule has 1 aromatic carbocycles. The maximum Gasteiger partial charge on any atom is 0.308 e. The summed E-state index contributed by atoms with van der Waals surface area (Å²) in [6.45, 7) is 4.86. The average Bonchev–Trinajstić information content (AvgIpc) is 2.10. The molecule has 0 amide bonds. The average molecular weight is 231 g/mol. The van der Waals surface area contributed by atoms with E-state index >= 15 is 0 Å². The van der Waals surface area contributed by atoms with Gasteiger partial charge in [-0.05, 0) is 17.7 Å². The van der Waals surface area contributed by atoms with E-state index in [0.29, 0.717) is 10.0 Å². The smallest absolute Gasteiger partial charge is 0.308 e. The normalized spacial score (nSPS) is 9.64. The van der Waals surface area contributed by atoms with Crippen LogP contribution < -0.4 is 4.74 Å². The van der Waals surface area contributed by atoms with Crippen molar-refractivity contribution < 1.29 is 9.53 Å². The highest BCUT2D eigenvalue weighted by Gasteiger charge is 2.10. The summed E-state index contributed by atoms with van der Waals surface area (Å²) in [6, 6.07) is 3.25. The third kappa shape index (κ3) is 2.50. The predicted octanol–water partition coefficient (Wildman–Crippen LogP) is 3.56. The van der Waals surface area contributed by atoms with Gasteiger partial charge in [0, 0.05) is 6.92 Å². The molecule has 0 saturated heterocycles. The highest BCUT2D eigenvalue weighted by Crippen LogP contribution is 2.34. The summed E-state index contributed by atoms with van der Waals surface area (Å²) in [7, 11) is 0. The van der Waals surface area contributed by atoms with Gasteiger partial charge in [-0.25, -0.2) is 0 Å². The van der Waals surface area contributed by atoms with Gasteiger partial charge in [-0.3, -0.25) is 4.79 Å². The Morgan fingerprint density at radius 3 is 2.29 bits per heavy atom. The number of rotatable bonds is 2.